The summed E-state index contributed by atoms with van der Waals surface area (Å²) in [6, 6.07) is -1.46. The summed E-state index contributed by atoms with van der Waals surface area (Å²) >= 11 is 0. The Labute approximate surface area is 119 Å². The van der Waals surface area contributed by atoms with Gasteiger partial charge in [-0.05, 0) is 40.2 Å². The molecule has 0 aromatic rings. The molecule has 0 radical (unpaired) electrons. The molecule has 3 amide bonds. The molecular weight excluding hydrogens is 262 g/mol. The Hall–Kier alpha value is -1.63. The molecule has 2 unspecified atom stereocenters. The summed E-state index contributed by atoms with van der Waals surface area (Å²) in [5.41, 5.74) is 0. The average Bonchev–Trinajstić information content (AvgIpc) is 2.87. The van der Waals surface area contributed by atoms with E-state index in [1.807, 2.05) is 0 Å². The highest BCUT2D eigenvalue weighted by Crippen LogP contribution is 2.21. The number of rotatable bonds is 5. The van der Waals surface area contributed by atoms with Gasteiger partial charge < -0.3 is 10.1 Å². The lowest BCUT2D eigenvalue weighted by atomic mass is 10.2. The van der Waals surface area contributed by atoms with Crippen molar-refractivity contribution >= 4 is 17.9 Å². The highest BCUT2D eigenvalue weighted by molar-refractivity contribution is 5.97. The molecule has 1 aliphatic rings. The number of imide groups is 1. The van der Waals surface area contributed by atoms with Crippen LogP contribution in [0.15, 0.2) is 0 Å². The van der Waals surface area contributed by atoms with Crippen molar-refractivity contribution in [2.45, 2.75) is 45.7 Å². The van der Waals surface area contributed by atoms with Gasteiger partial charge in [-0.1, -0.05) is 0 Å². The number of hydrogen-bond acceptors (Lipinski definition) is 5. The molecule has 0 aromatic carbocycles. The number of amides is 3. The molecule has 0 aromatic heterocycles. The van der Waals surface area contributed by atoms with E-state index in [1.165, 1.54) is 0 Å². The van der Waals surface area contributed by atoms with Gasteiger partial charge in [0.15, 0.2) is 0 Å². The summed E-state index contributed by atoms with van der Waals surface area (Å²) in [6.07, 6.45) is 1.51. The van der Waals surface area contributed by atoms with Crippen LogP contribution in [0.4, 0.5) is 4.79 Å². The lowest BCUT2D eigenvalue weighted by molar-refractivity contribution is -0.149. The normalized spacial score (nSPS) is 20.2. The van der Waals surface area contributed by atoms with Crippen LogP contribution in [0.1, 0.15) is 33.6 Å². The Morgan fingerprint density at radius 3 is 2.65 bits per heavy atom. The third-order valence-electron chi connectivity index (χ3n) is 3.30. The molecule has 7 nitrogen and oxygen atoms in total. The van der Waals surface area contributed by atoms with E-state index in [0.29, 0.717) is 26.1 Å². The molecule has 7 heteroatoms. The molecule has 1 rings (SSSR count). The number of carbonyl (C=O) groups excluding carboxylic acids is 3. The quantitative estimate of drug-likeness (QED) is 0.707. The fourth-order valence-electron chi connectivity index (χ4n) is 2.32. The van der Waals surface area contributed by atoms with Crippen molar-refractivity contribution in [3.8, 4) is 0 Å². The Kier molecular flexibility index (Phi) is 6.44. The van der Waals surface area contributed by atoms with Gasteiger partial charge in [-0.15, -0.1) is 0 Å². The largest absolute Gasteiger partial charge is 0.465 e. The molecule has 0 bridgehead atoms. The van der Waals surface area contributed by atoms with E-state index < -0.39 is 24.0 Å². The standard InChI is InChI=1S/C13H23N3O4/c1-4-14-13(19)15-11(17)9(3)16-8-6-7-10(16)12(18)20-5-2/h9-10H,4-8H2,1-3H3,(H2,14,15,17,19). The van der Waals surface area contributed by atoms with Gasteiger partial charge in [0.1, 0.15) is 6.04 Å². The molecule has 2 atom stereocenters. The van der Waals surface area contributed by atoms with Crippen molar-refractivity contribution in [2.24, 2.45) is 0 Å². The zero-order chi connectivity index (χ0) is 15.1. The molecular formula is C13H23N3O4. The monoisotopic (exact) mass is 285 g/mol. The predicted molar refractivity (Wildman–Crippen MR) is 73.0 cm³/mol. The van der Waals surface area contributed by atoms with Crippen LogP contribution in [-0.4, -0.2) is 54.6 Å². The zero-order valence-electron chi connectivity index (χ0n) is 12.3. The molecule has 0 saturated carbocycles. The molecule has 1 heterocycles. The van der Waals surface area contributed by atoms with Crippen LogP contribution >= 0.6 is 0 Å². The first-order valence-corrected chi connectivity index (χ1v) is 7.02. The number of nitrogens with zero attached hydrogens (tertiary/aromatic N) is 1. The average molecular weight is 285 g/mol. The Morgan fingerprint density at radius 1 is 1.35 bits per heavy atom. The van der Waals surface area contributed by atoms with E-state index in [4.69, 9.17) is 4.74 Å². The van der Waals surface area contributed by atoms with Crippen molar-refractivity contribution in [3.63, 3.8) is 0 Å². The Morgan fingerprint density at radius 2 is 2.05 bits per heavy atom. The fourth-order valence-corrected chi connectivity index (χ4v) is 2.32. The van der Waals surface area contributed by atoms with Gasteiger partial charge in [-0.2, -0.15) is 0 Å². The van der Waals surface area contributed by atoms with Gasteiger partial charge in [0.05, 0.1) is 12.6 Å². The van der Waals surface area contributed by atoms with Crippen molar-refractivity contribution in [1.29, 1.82) is 0 Å². The number of urea groups is 1. The summed E-state index contributed by atoms with van der Waals surface area (Å²) in [7, 11) is 0. The molecule has 1 aliphatic heterocycles. The van der Waals surface area contributed by atoms with Crippen molar-refractivity contribution in [2.75, 3.05) is 19.7 Å². The molecule has 0 aliphatic carbocycles. The number of likely N-dealkylation sites (tertiary alicyclic amines) is 1. The van der Waals surface area contributed by atoms with Crippen molar-refractivity contribution in [3.05, 3.63) is 0 Å². The maximum absolute atomic E-state index is 12.0. The van der Waals surface area contributed by atoms with E-state index in [1.54, 1.807) is 25.7 Å². The number of ether oxygens (including phenoxy) is 1. The molecule has 1 saturated heterocycles. The Balaban J connectivity index is 2.60. The first kappa shape index (κ1) is 16.4. The fraction of sp³-hybridized carbons (Fsp3) is 0.769. The van der Waals surface area contributed by atoms with Crippen molar-refractivity contribution < 1.29 is 19.1 Å². The van der Waals surface area contributed by atoms with Gasteiger partial charge in [0, 0.05) is 6.54 Å². The molecule has 1 fully saturated rings. The summed E-state index contributed by atoms with van der Waals surface area (Å²) in [6.45, 7) is 6.62. The van der Waals surface area contributed by atoms with Crippen LogP contribution in [0.2, 0.25) is 0 Å². The molecule has 20 heavy (non-hydrogen) atoms. The van der Waals surface area contributed by atoms with E-state index in [2.05, 4.69) is 10.6 Å². The third-order valence-corrected chi connectivity index (χ3v) is 3.30. The second kappa shape index (κ2) is 7.84. The Bertz CT molecular complexity index is 373. The van der Waals surface area contributed by atoms with Crippen molar-refractivity contribution in [1.82, 2.24) is 15.5 Å². The number of carbonyl (C=O) groups is 3. The number of hydrogen-bond donors (Lipinski definition) is 2. The van der Waals surface area contributed by atoms with Gasteiger partial charge >= 0.3 is 12.0 Å². The minimum Gasteiger partial charge on any atom is -0.465 e. The van der Waals surface area contributed by atoms with E-state index >= 15 is 0 Å². The zero-order valence-corrected chi connectivity index (χ0v) is 12.3. The first-order chi connectivity index (χ1) is 9.51. The number of esters is 1. The lowest BCUT2D eigenvalue weighted by Gasteiger charge is -2.28. The maximum Gasteiger partial charge on any atom is 0.323 e. The van der Waals surface area contributed by atoms with E-state index in [0.717, 1.165) is 6.42 Å². The summed E-state index contributed by atoms with van der Waals surface area (Å²) in [5.74, 6) is -0.713. The third kappa shape index (κ3) is 4.19. The van der Waals surface area contributed by atoms with Crippen LogP contribution < -0.4 is 10.6 Å². The smallest absolute Gasteiger partial charge is 0.323 e. The SMILES string of the molecule is CCNC(=O)NC(=O)C(C)N1CCCC1C(=O)OCC. The maximum atomic E-state index is 12.0. The lowest BCUT2D eigenvalue weighted by Crippen LogP contribution is -2.52. The van der Waals surface area contributed by atoms with Crippen LogP contribution in [0, 0.1) is 0 Å². The van der Waals surface area contributed by atoms with Crippen LogP contribution in [-0.2, 0) is 14.3 Å². The topological polar surface area (TPSA) is 87.7 Å². The molecule has 0 spiro atoms. The predicted octanol–water partition coefficient (Wildman–Crippen LogP) is 0.248. The van der Waals surface area contributed by atoms with Gasteiger partial charge in [0.25, 0.3) is 0 Å². The molecule has 114 valence electrons. The summed E-state index contributed by atoms with van der Waals surface area (Å²) in [4.78, 5) is 36.9. The van der Waals surface area contributed by atoms with Crippen LogP contribution in [0.3, 0.4) is 0 Å². The van der Waals surface area contributed by atoms with Crippen LogP contribution in [0.5, 0.6) is 0 Å². The second-order valence-corrected chi connectivity index (χ2v) is 4.67. The first-order valence-electron chi connectivity index (χ1n) is 7.02. The highest BCUT2D eigenvalue weighted by Gasteiger charge is 2.37. The minimum absolute atomic E-state index is 0.303. The van der Waals surface area contributed by atoms with E-state index in [9.17, 15) is 14.4 Å². The van der Waals surface area contributed by atoms with Gasteiger partial charge in [-0.25, -0.2) is 4.79 Å². The number of nitrogens with one attached hydrogen (secondary N) is 2. The minimum atomic E-state index is -0.547. The summed E-state index contributed by atoms with van der Waals surface area (Å²) < 4.78 is 5.01. The van der Waals surface area contributed by atoms with E-state index in [-0.39, 0.29) is 5.97 Å². The molecule has 2 N–H and O–H groups in total. The summed E-state index contributed by atoms with van der Waals surface area (Å²) in [5, 5.41) is 4.76. The van der Waals surface area contributed by atoms with Gasteiger partial charge in [0.2, 0.25) is 5.91 Å². The highest BCUT2D eigenvalue weighted by atomic mass is 16.5. The second-order valence-electron chi connectivity index (χ2n) is 4.67. The van der Waals surface area contributed by atoms with Crippen LogP contribution in [0.25, 0.3) is 0 Å². The van der Waals surface area contributed by atoms with Gasteiger partial charge in [-0.3, -0.25) is 19.8 Å².